The first-order valence-electron chi connectivity index (χ1n) is 8.92. The fourth-order valence-electron chi connectivity index (χ4n) is 3.19. The highest BCUT2D eigenvalue weighted by Crippen LogP contribution is 2.23. The zero-order valence-corrected chi connectivity index (χ0v) is 15.8. The van der Waals surface area contributed by atoms with Crippen LogP contribution in [-0.2, 0) is 7.05 Å². The molecule has 0 bridgehead atoms. The van der Waals surface area contributed by atoms with Gasteiger partial charge in [0.1, 0.15) is 11.5 Å². The van der Waals surface area contributed by atoms with E-state index in [1.54, 1.807) is 30.8 Å². The number of hydrogen-bond donors (Lipinski definition) is 2. The number of rotatable bonds is 4. The van der Waals surface area contributed by atoms with Crippen molar-refractivity contribution in [2.24, 2.45) is 7.05 Å². The summed E-state index contributed by atoms with van der Waals surface area (Å²) in [5.41, 5.74) is 2.47. The van der Waals surface area contributed by atoms with Gasteiger partial charge in [-0.15, -0.1) is 0 Å². The molecule has 2 aromatic heterocycles. The standard InChI is InChI=1S/C21H18FN5O2/c1-13-18(21(29)27(26(13)2)16-6-4-3-5-7-16)24-20(28)17-12-23-25-19(17)14-8-10-15(22)11-9-14/h3-12H,1-2H3,(H,23,25)(H,24,28). The second-order valence-corrected chi connectivity index (χ2v) is 6.56. The van der Waals surface area contributed by atoms with Crippen molar-refractivity contribution in [3.05, 3.63) is 88.2 Å². The Labute approximate surface area is 165 Å². The van der Waals surface area contributed by atoms with Crippen LogP contribution in [-0.4, -0.2) is 25.5 Å². The zero-order chi connectivity index (χ0) is 20.5. The van der Waals surface area contributed by atoms with E-state index in [2.05, 4.69) is 15.5 Å². The van der Waals surface area contributed by atoms with E-state index in [4.69, 9.17) is 0 Å². The van der Waals surface area contributed by atoms with Gasteiger partial charge >= 0.3 is 0 Å². The van der Waals surface area contributed by atoms with Crippen LogP contribution in [0.15, 0.2) is 65.6 Å². The summed E-state index contributed by atoms with van der Waals surface area (Å²) in [5.74, 6) is -0.857. The molecule has 2 heterocycles. The summed E-state index contributed by atoms with van der Waals surface area (Å²) >= 11 is 0. The lowest BCUT2D eigenvalue weighted by atomic mass is 10.1. The maximum Gasteiger partial charge on any atom is 0.295 e. The molecule has 29 heavy (non-hydrogen) atoms. The summed E-state index contributed by atoms with van der Waals surface area (Å²) in [7, 11) is 1.75. The van der Waals surface area contributed by atoms with Crippen LogP contribution in [0.4, 0.5) is 10.1 Å². The van der Waals surface area contributed by atoms with Gasteiger partial charge < -0.3 is 5.32 Å². The predicted octanol–water partition coefficient (Wildman–Crippen LogP) is 3.27. The molecule has 4 rings (SSSR count). The normalized spacial score (nSPS) is 10.9. The summed E-state index contributed by atoms with van der Waals surface area (Å²) in [4.78, 5) is 25.9. The first-order chi connectivity index (χ1) is 14.0. The van der Waals surface area contributed by atoms with Gasteiger partial charge in [0, 0.05) is 12.6 Å². The van der Waals surface area contributed by atoms with E-state index < -0.39 is 5.91 Å². The Morgan fingerprint density at radius 3 is 2.48 bits per heavy atom. The molecule has 0 atom stereocenters. The lowest BCUT2D eigenvalue weighted by molar-refractivity contribution is 0.102. The van der Waals surface area contributed by atoms with Crippen molar-refractivity contribution < 1.29 is 9.18 Å². The molecule has 0 spiro atoms. The number of H-pyrrole nitrogens is 1. The van der Waals surface area contributed by atoms with E-state index in [0.717, 1.165) is 0 Å². The van der Waals surface area contributed by atoms with Crippen molar-refractivity contribution in [2.75, 3.05) is 5.32 Å². The molecule has 0 saturated carbocycles. The zero-order valence-electron chi connectivity index (χ0n) is 15.8. The van der Waals surface area contributed by atoms with Crippen LogP contribution < -0.4 is 10.9 Å². The van der Waals surface area contributed by atoms with Crippen molar-refractivity contribution in [2.45, 2.75) is 6.92 Å². The summed E-state index contributed by atoms with van der Waals surface area (Å²) in [6.07, 6.45) is 1.38. The molecule has 0 fully saturated rings. The molecule has 0 aliphatic carbocycles. The molecular formula is C21H18FN5O2. The Hall–Kier alpha value is -3.94. The lowest BCUT2D eigenvalue weighted by Crippen LogP contribution is -2.23. The van der Waals surface area contributed by atoms with Gasteiger partial charge in [0.2, 0.25) is 0 Å². The van der Waals surface area contributed by atoms with Crippen molar-refractivity contribution in [1.82, 2.24) is 19.6 Å². The van der Waals surface area contributed by atoms with E-state index in [1.165, 1.54) is 23.0 Å². The second-order valence-electron chi connectivity index (χ2n) is 6.56. The van der Waals surface area contributed by atoms with Crippen LogP contribution in [0.25, 0.3) is 16.9 Å². The van der Waals surface area contributed by atoms with Crippen LogP contribution >= 0.6 is 0 Å². The number of amides is 1. The van der Waals surface area contributed by atoms with Crippen LogP contribution in [0.2, 0.25) is 0 Å². The number of nitrogens with zero attached hydrogens (tertiary/aromatic N) is 3. The minimum Gasteiger partial charge on any atom is -0.316 e. The van der Waals surface area contributed by atoms with Crippen molar-refractivity contribution in [1.29, 1.82) is 0 Å². The van der Waals surface area contributed by atoms with Crippen molar-refractivity contribution >= 4 is 11.6 Å². The average molecular weight is 391 g/mol. The maximum absolute atomic E-state index is 13.2. The van der Waals surface area contributed by atoms with E-state index >= 15 is 0 Å². The maximum atomic E-state index is 13.2. The molecule has 8 heteroatoms. The van der Waals surface area contributed by atoms with Crippen LogP contribution in [0, 0.1) is 12.7 Å². The fraction of sp³-hybridized carbons (Fsp3) is 0.0952. The number of carbonyl (C=O) groups is 1. The summed E-state index contributed by atoms with van der Waals surface area (Å²) < 4.78 is 16.4. The molecule has 7 nitrogen and oxygen atoms in total. The predicted molar refractivity (Wildman–Crippen MR) is 108 cm³/mol. The fourth-order valence-corrected chi connectivity index (χ4v) is 3.19. The van der Waals surface area contributed by atoms with Crippen molar-refractivity contribution in [3.8, 4) is 16.9 Å². The number of anilines is 1. The van der Waals surface area contributed by atoms with E-state index in [0.29, 0.717) is 22.6 Å². The van der Waals surface area contributed by atoms with E-state index in [9.17, 15) is 14.0 Å². The highest BCUT2D eigenvalue weighted by molar-refractivity contribution is 6.08. The molecule has 0 aliphatic heterocycles. The number of aromatic amines is 1. The monoisotopic (exact) mass is 391 g/mol. The molecule has 0 saturated heterocycles. The smallest absolute Gasteiger partial charge is 0.295 e. The van der Waals surface area contributed by atoms with Crippen LogP contribution in [0.3, 0.4) is 0 Å². The molecule has 0 radical (unpaired) electrons. The minimum absolute atomic E-state index is 0.188. The number of aromatic nitrogens is 4. The Balaban J connectivity index is 1.70. The Morgan fingerprint density at radius 2 is 1.79 bits per heavy atom. The molecule has 2 N–H and O–H groups in total. The van der Waals surface area contributed by atoms with Crippen LogP contribution in [0.1, 0.15) is 16.1 Å². The molecular weight excluding hydrogens is 373 g/mol. The number of halogens is 1. The molecule has 146 valence electrons. The first-order valence-corrected chi connectivity index (χ1v) is 8.92. The molecule has 1 amide bonds. The summed E-state index contributed by atoms with van der Waals surface area (Å²) in [6, 6.07) is 14.9. The van der Waals surface area contributed by atoms with E-state index in [1.807, 2.05) is 30.3 Å². The largest absolute Gasteiger partial charge is 0.316 e. The van der Waals surface area contributed by atoms with Gasteiger partial charge in [-0.1, -0.05) is 18.2 Å². The van der Waals surface area contributed by atoms with Gasteiger partial charge in [-0.25, -0.2) is 9.07 Å². The average Bonchev–Trinajstić information content (AvgIpc) is 3.29. The Morgan fingerprint density at radius 1 is 1.10 bits per heavy atom. The third-order valence-electron chi connectivity index (χ3n) is 4.81. The third-order valence-corrected chi connectivity index (χ3v) is 4.81. The van der Waals surface area contributed by atoms with Gasteiger partial charge in [-0.2, -0.15) is 5.10 Å². The first kappa shape index (κ1) is 18.4. The highest BCUT2D eigenvalue weighted by atomic mass is 19.1. The molecule has 4 aromatic rings. The number of para-hydroxylation sites is 1. The molecule has 0 unspecified atom stereocenters. The van der Waals surface area contributed by atoms with Gasteiger partial charge in [0.05, 0.1) is 28.8 Å². The van der Waals surface area contributed by atoms with Crippen LogP contribution in [0.5, 0.6) is 0 Å². The number of carbonyl (C=O) groups excluding carboxylic acids is 1. The molecule has 0 aliphatic rings. The number of nitrogens with one attached hydrogen (secondary N) is 2. The summed E-state index contributed by atoms with van der Waals surface area (Å²) in [6.45, 7) is 1.76. The third kappa shape index (κ3) is 3.25. The SMILES string of the molecule is Cc1c(NC(=O)c2cn[nH]c2-c2ccc(F)cc2)c(=O)n(-c2ccccc2)n1C. The Bertz CT molecular complexity index is 1240. The van der Waals surface area contributed by atoms with Gasteiger partial charge in [-0.3, -0.25) is 19.4 Å². The van der Waals surface area contributed by atoms with E-state index in [-0.39, 0.29) is 22.6 Å². The highest BCUT2D eigenvalue weighted by Gasteiger charge is 2.21. The summed E-state index contributed by atoms with van der Waals surface area (Å²) in [5, 5.41) is 9.40. The van der Waals surface area contributed by atoms with Gasteiger partial charge in [0.25, 0.3) is 11.5 Å². The molecule has 2 aromatic carbocycles. The quantitative estimate of drug-likeness (QED) is 0.560. The van der Waals surface area contributed by atoms with Gasteiger partial charge in [-0.05, 0) is 43.3 Å². The van der Waals surface area contributed by atoms with Crippen molar-refractivity contribution in [3.63, 3.8) is 0 Å². The lowest BCUT2D eigenvalue weighted by Gasteiger charge is -2.07. The topological polar surface area (TPSA) is 84.7 Å². The number of benzene rings is 2. The van der Waals surface area contributed by atoms with Gasteiger partial charge in [0.15, 0.2) is 0 Å². The minimum atomic E-state index is -0.482. The number of hydrogen-bond acceptors (Lipinski definition) is 3. The Kier molecular flexibility index (Phi) is 4.59. The second kappa shape index (κ2) is 7.23.